The number of benzene rings is 1. The number of piperidine rings is 1. The Morgan fingerprint density at radius 3 is 2.80 bits per heavy atom. The van der Waals surface area contributed by atoms with Crippen molar-refractivity contribution in [2.24, 2.45) is 0 Å². The second-order valence-corrected chi connectivity index (χ2v) is 7.07. The van der Waals surface area contributed by atoms with Crippen LogP contribution in [-0.4, -0.2) is 34.6 Å². The van der Waals surface area contributed by atoms with Crippen LogP contribution in [0.25, 0.3) is 0 Å². The number of sulfonamides is 1. The molecule has 6 heteroatoms. The molecule has 0 spiro atoms. The molecule has 1 saturated heterocycles. The summed E-state index contributed by atoms with van der Waals surface area (Å²) < 4.78 is 26.2. The molecule has 1 heterocycles. The first-order chi connectivity index (χ1) is 9.53. The summed E-state index contributed by atoms with van der Waals surface area (Å²) in [5.74, 6) is 0. The molecule has 1 fully saturated rings. The minimum Gasteiger partial charge on any atom is -0.383 e. The van der Waals surface area contributed by atoms with E-state index in [1.54, 1.807) is 13.0 Å². The number of anilines is 1. The molecule has 1 aromatic carbocycles. The van der Waals surface area contributed by atoms with Crippen molar-refractivity contribution >= 4 is 15.7 Å². The molecule has 0 aliphatic carbocycles. The van der Waals surface area contributed by atoms with Crippen LogP contribution in [0.4, 0.5) is 5.69 Å². The van der Waals surface area contributed by atoms with E-state index in [9.17, 15) is 8.42 Å². The molecular formula is C14H23N3O2S. The monoisotopic (exact) mass is 297 g/mol. The SMILES string of the molecule is CNS(=O)(=O)c1cc(NCC2CCCCN2)ccc1C. The average molecular weight is 297 g/mol. The third-order valence-corrected chi connectivity index (χ3v) is 5.27. The van der Waals surface area contributed by atoms with Gasteiger partial charge in [0.25, 0.3) is 0 Å². The molecular weight excluding hydrogens is 274 g/mol. The van der Waals surface area contributed by atoms with Gasteiger partial charge in [-0.1, -0.05) is 12.5 Å². The van der Waals surface area contributed by atoms with Gasteiger partial charge in [0.05, 0.1) is 4.90 Å². The van der Waals surface area contributed by atoms with Crippen LogP contribution in [0.15, 0.2) is 23.1 Å². The molecule has 3 N–H and O–H groups in total. The number of aryl methyl sites for hydroxylation is 1. The third-order valence-electron chi connectivity index (χ3n) is 3.71. The largest absolute Gasteiger partial charge is 0.383 e. The van der Waals surface area contributed by atoms with Crippen molar-refractivity contribution in [3.63, 3.8) is 0 Å². The molecule has 0 saturated carbocycles. The van der Waals surface area contributed by atoms with E-state index in [2.05, 4.69) is 15.4 Å². The lowest BCUT2D eigenvalue weighted by atomic mass is 10.1. The van der Waals surface area contributed by atoms with E-state index < -0.39 is 10.0 Å². The Morgan fingerprint density at radius 2 is 2.15 bits per heavy atom. The van der Waals surface area contributed by atoms with Crippen LogP contribution in [0.3, 0.4) is 0 Å². The number of hydrogen-bond donors (Lipinski definition) is 3. The van der Waals surface area contributed by atoms with Crippen LogP contribution in [0.5, 0.6) is 0 Å². The highest BCUT2D eigenvalue weighted by molar-refractivity contribution is 7.89. The van der Waals surface area contributed by atoms with E-state index >= 15 is 0 Å². The van der Waals surface area contributed by atoms with Gasteiger partial charge in [-0.05, 0) is 51.1 Å². The fourth-order valence-corrected chi connectivity index (χ4v) is 3.44. The predicted molar refractivity (Wildman–Crippen MR) is 81.6 cm³/mol. The minimum atomic E-state index is -3.40. The summed E-state index contributed by atoms with van der Waals surface area (Å²) in [6.07, 6.45) is 3.67. The van der Waals surface area contributed by atoms with Gasteiger partial charge in [0.1, 0.15) is 0 Å². The molecule has 2 rings (SSSR count). The molecule has 5 nitrogen and oxygen atoms in total. The Hall–Kier alpha value is -1.11. The summed E-state index contributed by atoms with van der Waals surface area (Å²) >= 11 is 0. The second-order valence-electron chi connectivity index (χ2n) is 5.22. The van der Waals surface area contributed by atoms with Crippen molar-refractivity contribution in [1.29, 1.82) is 0 Å². The standard InChI is InChI=1S/C14H23N3O2S/c1-11-6-7-12(9-14(11)20(18,19)15-2)17-10-13-5-3-4-8-16-13/h6-7,9,13,15-17H,3-5,8,10H2,1-2H3. The predicted octanol–water partition coefficient (Wildman–Crippen LogP) is 1.46. The Balaban J connectivity index is 2.07. The zero-order chi connectivity index (χ0) is 14.6. The summed E-state index contributed by atoms with van der Waals surface area (Å²) in [5.41, 5.74) is 1.59. The lowest BCUT2D eigenvalue weighted by Gasteiger charge is -2.24. The van der Waals surface area contributed by atoms with Crippen molar-refractivity contribution in [2.45, 2.75) is 37.1 Å². The fourth-order valence-electron chi connectivity index (χ4n) is 2.45. The number of nitrogens with one attached hydrogen (secondary N) is 3. The van der Waals surface area contributed by atoms with Crippen LogP contribution >= 0.6 is 0 Å². The van der Waals surface area contributed by atoms with Gasteiger partial charge in [0, 0.05) is 18.3 Å². The first-order valence-electron chi connectivity index (χ1n) is 7.04. The Labute approximate surface area is 121 Å². The number of rotatable bonds is 5. The first kappa shape index (κ1) is 15.3. The van der Waals surface area contributed by atoms with E-state index in [0.717, 1.165) is 24.3 Å². The van der Waals surface area contributed by atoms with Crippen molar-refractivity contribution < 1.29 is 8.42 Å². The molecule has 1 aromatic rings. The van der Waals surface area contributed by atoms with Gasteiger partial charge in [-0.2, -0.15) is 0 Å². The zero-order valence-electron chi connectivity index (χ0n) is 12.1. The summed E-state index contributed by atoms with van der Waals surface area (Å²) in [7, 11) is -1.97. The highest BCUT2D eigenvalue weighted by atomic mass is 32.2. The summed E-state index contributed by atoms with van der Waals surface area (Å²) in [6, 6.07) is 5.92. The van der Waals surface area contributed by atoms with Gasteiger partial charge in [-0.25, -0.2) is 13.1 Å². The molecule has 1 atom stereocenters. The van der Waals surface area contributed by atoms with Crippen LogP contribution in [0, 0.1) is 6.92 Å². The van der Waals surface area contributed by atoms with Gasteiger partial charge in [0.15, 0.2) is 0 Å². The molecule has 0 radical (unpaired) electrons. The molecule has 1 unspecified atom stereocenters. The van der Waals surface area contributed by atoms with Crippen molar-refractivity contribution in [3.8, 4) is 0 Å². The van der Waals surface area contributed by atoms with Crippen molar-refractivity contribution in [1.82, 2.24) is 10.0 Å². The van der Waals surface area contributed by atoms with E-state index in [-0.39, 0.29) is 0 Å². The Kier molecular flexibility index (Phi) is 5.01. The van der Waals surface area contributed by atoms with Crippen LogP contribution in [0.2, 0.25) is 0 Å². The van der Waals surface area contributed by atoms with Gasteiger partial charge >= 0.3 is 0 Å². The summed E-state index contributed by atoms with van der Waals surface area (Å²) in [6.45, 7) is 3.69. The van der Waals surface area contributed by atoms with E-state index in [1.807, 2.05) is 12.1 Å². The smallest absolute Gasteiger partial charge is 0.240 e. The van der Waals surface area contributed by atoms with Crippen LogP contribution in [0.1, 0.15) is 24.8 Å². The van der Waals surface area contributed by atoms with Crippen molar-refractivity contribution in [2.75, 3.05) is 25.5 Å². The average Bonchev–Trinajstić information content (AvgIpc) is 2.47. The first-order valence-corrected chi connectivity index (χ1v) is 8.53. The van der Waals surface area contributed by atoms with E-state index in [0.29, 0.717) is 10.9 Å². The minimum absolute atomic E-state index is 0.335. The van der Waals surface area contributed by atoms with Gasteiger partial charge < -0.3 is 10.6 Å². The molecule has 1 aliphatic rings. The fraction of sp³-hybridized carbons (Fsp3) is 0.571. The maximum Gasteiger partial charge on any atom is 0.240 e. The van der Waals surface area contributed by atoms with Crippen LogP contribution in [-0.2, 0) is 10.0 Å². The van der Waals surface area contributed by atoms with E-state index in [4.69, 9.17) is 0 Å². The van der Waals surface area contributed by atoms with E-state index in [1.165, 1.54) is 26.3 Å². The Bertz CT molecular complexity index is 552. The van der Waals surface area contributed by atoms with Crippen molar-refractivity contribution in [3.05, 3.63) is 23.8 Å². The Morgan fingerprint density at radius 1 is 1.35 bits per heavy atom. The summed E-state index contributed by atoms with van der Waals surface area (Å²) in [5, 5.41) is 6.79. The second kappa shape index (κ2) is 6.56. The third kappa shape index (κ3) is 3.71. The maximum atomic E-state index is 11.9. The lowest BCUT2D eigenvalue weighted by Crippen LogP contribution is -2.39. The molecule has 0 aromatic heterocycles. The molecule has 0 bridgehead atoms. The molecule has 0 amide bonds. The normalized spacial score (nSPS) is 19.8. The van der Waals surface area contributed by atoms with Crippen LogP contribution < -0.4 is 15.4 Å². The maximum absolute atomic E-state index is 11.9. The van der Waals surface area contributed by atoms with Gasteiger partial charge in [-0.15, -0.1) is 0 Å². The molecule has 112 valence electrons. The number of hydrogen-bond acceptors (Lipinski definition) is 4. The summed E-state index contributed by atoms with van der Waals surface area (Å²) in [4.78, 5) is 0.335. The zero-order valence-corrected chi connectivity index (χ0v) is 12.9. The highest BCUT2D eigenvalue weighted by Gasteiger charge is 2.16. The topological polar surface area (TPSA) is 70.2 Å². The lowest BCUT2D eigenvalue weighted by molar-refractivity contribution is 0.414. The quantitative estimate of drug-likeness (QED) is 0.769. The molecule has 1 aliphatic heterocycles. The van der Waals surface area contributed by atoms with Gasteiger partial charge in [0.2, 0.25) is 10.0 Å². The van der Waals surface area contributed by atoms with Gasteiger partial charge in [-0.3, -0.25) is 0 Å². The molecule has 20 heavy (non-hydrogen) atoms. The highest BCUT2D eigenvalue weighted by Crippen LogP contribution is 2.20.